The minimum atomic E-state index is 0.247. The molecule has 4 nitrogen and oxygen atoms in total. The molecule has 0 aliphatic carbocycles. The Balaban J connectivity index is 1.68. The maximum Gasteiger partial charge on any atom is 0.0899 e. The Labute approximate surface area is 129 Å². The molecule has 2 N–H and O–H groups in total. The van der Waals surface area contributed by atoms with Gasteiger partial charge < -0.3 is 15.5 Å². The topological polar surface area (TPSA) is 35.7 Å². The summed E-state index contributed by atoms with van der Waals surface area (Å²) in [4.78, 5) is 8.19. The third-order valence-corrected chi connectivity index (χ3v) is 5.41. The highest BCUT2D eigenvalue weighted by Gasteiger charge is 2.24. The van der Waals surface area contributed by atoms with Crippen molar-refractivity contribution in [3.63, 3.8) is 0 Å². The highest BCUT2D eigenvalue weighted by atomic mass is 32.1. The minimum Gasteiger partial charge on any atom is -0.392 e. The Hall–Kier alpha value is -0.230. The molecule has 20 heavy (non-hydrogen) atoms. The van der Waals surface area contributed by atoms with Gasteiger partial charge in [-0.25, -0.2) is 0 Å². The molecular weight excluding hydrogens is 268 g/mol. The van der Waals surface area contributed by atoms with Crippen molar-refractivity contribution in [1.29, 1.82) is 0 Å². The Morgan fingerprint density at radius 1 is 1.20 bits per heavy atom. The molecule has 2 rings (SSSR count). The maximum atomic E-state index is 5.74. The molecule has 2 saturated heterocycles. The van der Waals surface area contributed by atoms with E-state index in [1.807, 2.05) is 0 Å². The molecule has 0 aromatic carbocycles. The highest BCUT2D eigenvalue weighted by Crippen LogP contribution is 2.18. The van der Waals surface area contributed by atoms with Crippen LogP contribution < -0.4 is 5.73 Å². The Kier molecular flexibility index (Phi) is 6.20. The summed E-state index contributed by atoms with van der Waals surface area (Å²) in [6.07, 6.45) is 5.49. The van der Waals surface area contributed by atoms with Crippen molar-refractivity contribution >= 4 is 17.2 Å². The summed E-state index contributed by atoms with van der Waals surface area (Å²) in [7, 11) is 2.28. The van der Waals surface area contributed by atoms with Gasteiger partial charge in [0.1, 0.15) is 0 Å². The summed E-state index contributed by atoms with van der Waals surface area (Å²) in [5.41, 5.74) is 5.74. The number of hydrogen-bond donors (Lipinski definition) is 1. The zero-order chi connectivity index (χ0) is 14.5. The van der Waals surface area contributed by atoms with Gasteiger partial charge in [-0.3, -0.25) is 4.90 Å². The maximum absolute atomic E-state index is 5.74. The molecule has 0 spiro atoms. The van der Waals surface area contributed by atoms with Gasteiger partial charge in [0.2, 0.25) is 0 Å². The summed E-state index contributed by atoms with van der Waals surface area (Å²) >= 11 is 5.10. The molecule has 0 radical (unpaired) electrons. The van der Waals surface area contributed by atoms with Crippen molar-refractivity contribution in [1.82, 2.24) is 14.7 Å². The smallest absolute Gasteiger partial charge is 0.0899 e. The molecule has 2 fully saturated rings. The normalized spacial score (nSPS) is 28.4. The van der Waals surface area contributed by atoms with Crippen molar-refractivity contribution in [2.45, 2.75) is 44.7 Å². The zero-order valence-corrected chi connectivity index (χ0v) is 13.9. The van der Waals surface area contributed by atoms with Gasteiger partial charge in [0.25, 0.3) is 0 Å². The van der Waals surface area contributed by atoms with Gasteiger partial charge in [-0.1, -0.05) is 18.6 Å². The molecule has 2 aliphatic heterocycles. The molecule has 0 aromatic heterocycles. The van der Waals surface area contributed by atoms with Gasteiger partial charge in [0.05, 0.1) is 11.0 Å². The quantitative estimate of drug-likeness (QED) is 0.771. The molecular formula is C15H30N4S. The van der Waals surface area contributed by atoms with Crippen LogP contribution in [0.15, 0.2) is 0 Å². The van der Waals surface area contributed by atoms with E-state index in [9.17, 15) is 0 Å². The molecule has 5 heteroatoms. The van der Waals surface area contributed by atoms with E-state index in [1.165, 1.54) is 38.8 Å². The van der Waals surface area contributed by atoms with Crippen molar-refractivity contribution in [3.05, 3.63) is 0 Å². The number of likely N-dealkylation sites (tertiary alicyclic amines) is 1. The van der Waals surface area contributed by atoms with E-state index in [1.54, 1.807) is 0 Å². The van der Waals surface area contributed by atoms with Crippen LogP contribution >= 0.6 is 12.2 Å². The molecule has 0 aromatic rings. The monoisotopic (exact) mass is 298 g/mol. The first-order valence-electron chi connectivity index (χ1n) is 8.04. The van der Waals surface area contributed by atoms with Crippen LogP contribution in [-0.4, -0.2) is 78.1 Å². The van der Waals surface area contributed by atoms with E-state index in [0.29, 0.717) is 4.99 Å². The number of rotatable bonds is 5. The predicted octanol–water partition coefficient (Wildman–Crippen LogP) is 1.15. The van der Waals surface area contributed by atoms with Gasteiger partial charge in [0, 0.05) is 32.2 Å². The van der Waals surface area contributed by atoms with Crippen LogP contribution in [0.2, 0.25) is 0 Å². The molecule has 2 heterocycles. The van der Waals surface area contributed by atoms with Gasteiger partial charge in [-0.15, -0.1) is 0 Å². The lowest BCUT2D eigenvalue weighted by molar-refractivity contribution is 0.103. The summed E-state index contributed by atoms with van der Waals surface area (Å²) < 4.78 is 0. The largest absolute Gasteiger partial charge is 0.392 e. The molecule has 2 aliphatic rings. The number of thiocarbonyl (C=S) groups is 1. The second-order valence-corrected chi connectivity index (χ2v) is 6.85. The lowest BCUT2D eigenvalue weighted by Crippen LogP contribution is -2.53. The Morgan fingerprint density at radius 2 is 1.90 bits per heavy atom. The van der Waals surface area contributed by atoms with Gasteiger partial charge in [0.15, 0.2) is 0 Å². The van der Waals surface area contributed by atoms with Crippen LogP contribution in [0.3, 0.4) is 0 Å². The van der Waals surface area contributed by atoms with Gasteiger partial charge in [-0.2, -0.15) is 0 Å². The van der Waals surface area contributed by atoms with Crippen molar-refractivity contribution in [2.24, 2.45) is 5.73 Å². The second-order valence-electron chi connectivity index (χ2n) is 6.37. The van der Waals surface area contributed by atoms with Crippen LogP contribution in [0.25, 0.3) is 0 Å². The molecule has 0 amide bonds. The molecule has 116 valence electrons. The highest BCUT2D eigenvalue weighted by molar-refractivity contribution is 7.80. The Bertz CT molecular complexity index is 315. The summed E-state index contributed by atoms with van der Waals surface area (Å²) in [5.74, 6) is 0. The number of hydrogen-bond acceptors (Lipinski definition) is 4. The number of nitrogens with zero attached hydrogens (tertiary/aromatic N) is 3. The first kappa shape index (κ1) is 16.1. The van der Waals surface area contributed by atoms with Crippen molar-refractivity contribution < 1.29 is 0 Å². The van der Waals surface area contributed by atoms with Crippen LogP contribution in [0, 0.1) is 0 Å². The number of piperidine rings is 1. The predicted molar refractivity (Wildman–Crippen MR) is 89.1 cm³/mol. The third kappa shape index (κ3) is 4.38. The fraction of sp³-hybridized carbons (Fsp3) is 0.933. The lowest BCUT2D eigenvalue weighted by Gasteiger charge is -2.39. The van der Waals surface area contributed by atoms with Crippen LogP contribution in [0.5, 0.6) is 0 Å². The average molecular weight is 299 g/mol. The standard InChI is InChI=1S/C15H30N4S/c1-13(15(16)20)19-11-9-18(10-12-19)8-6-14-5-3-4-7-17(14)2/h13-14H,3-12H2,1-2H3,(H2,16,20). The van der Waals surface area contributed by atoms with E-state index < -0.39 is 0 Å². The first-order valence-corrected chi connectivity index (χ1v) is 8.44. The van der Waals surface area contributed by atoms with Gasteiger partial charge in [-0.05, 0) is 46.3 Å². The fourth-order valence-corrected chi connectivity index (χ4v) is 3.54. The SMILES string of the molecule is CC(C(N)=S)N1CCN(CCC2CCCCN2C)CC1. The van der Waals surface area contributed by atoms with Gasteiger partial charge >= 0.3 is 0 Å². The molecule has 2 atom stereocenters. The molecule has 0 saturated carbocycles. The zero-order valence-electron chi connectivity index (χ0n) is 13.1. The van der Waals surface area contributed by atoms with Crippen molar-refractivity contribution in [3.8, 4) is 0 Å². The van der Waals surface area contributed by atoms with E-state index in [0.717, 1.165) is 32.2 Å². The average Bonchev–Trinajstić information content (AvgIpc) is 2.46. The first-order chi connectivity index (χ1) is 9.58. The van der Waals surface area contributed by atoms with Crippen LogP contribution in [-0.2, 0) is 0 Å². The van der Waals surface area contributed by atoms with E-state index in [2.05, 4.69) is 28.7 Å². The van der Waals surface area contributed by atoms with E-state index in [4.69, 9.17) is 18.0 Å². The van der Waals surface area contributed by atoms with E-state index in [-0.39, 0.29) is 6.04 Å². The minimum absolute atomic E-state index is 0.247. The number of nitrogens with two attached hydrogens (primary N) is 1. The van der Waals surface area contributed by atoms with Crippen LogP contribution in [0.4, 0.5) is 0 Å². The van der Waals surface area contributed by atoms with Crippen LogP contribution in [0.1, 0.15) is 32.6 Å². The second kappa shape index (κ2) is 7.69. The summed E-state index contributed by atoms with van der Waals surface area (Å²) in [5, 5.41) is 0. The third-order valence-electron chi connectivity index (χ3n) is 5.07. The number of piperazine rings is 1. The molecule has 2 unspecified atom stereocenters. The Morgan fingerprint density at radius 3 is 2.50 bits per heavy atom. The lowest BCUT2D eigenvalue weighted by atomic mass is 10.00. The molecule has 0 bridgehead atoms. The fourth-order valence-electron chi connectivity index (χ4n) is 3.39. The van der Waals surface area contributed by atoms with E-state index >= 15 is 0 Å². The summed E-state index contributed by atoms with van der Waals surface area (Å²) in [6.45, 7) is 9.15. The summed E-state index contributed by atoms with van der Waals surface area (Å²) in [6, 6.07) is 1.05. The van der Waals surface area contributed by atoms with Crippen molar-refractivity contribution in [2.75, 3.05) is 46.3 Å².